The smallest absolute Gasteiger partial charge is 0.234 e. The zero-order chi connectivity index (χ0) is 13.0. The second-order valence-corrected chi connectivity index (χ2v) is 4.65. The molecule has 96 valence electrons. The lowest BCUT2D eigenvalue weighted by molar-refractivity contribution is -0.121. The van der Waals surface area contributed by atoms with Crippen molar-refractivity contribution < 1.29 is 9.59 Å². The van der Waals surface area contributed by atoms with Crippen LogP contribution in [0.25, 0.3) is 0 Å². The number of nitrogens with one attached hydrogen (secondary N) is 1. The summed E-state index contributed by atoms with van der Waals surface area (Å²) in [5, 5.41) is 2.81. The molecule has 1 saturated heterocycles. The molecule has 2 rings (SSSR count). The van der Waals surface area contributed by atoms with Crippen molar-refractivity contribution in [1.82, 2.24) is 10.2 Å². The Morgan fingerprint density at radius 1 is 1.39 bits per heavy atom. The lowest BCUT2D eigenvalue weighted by Crippen LogP contribution is -2.36. The van der Waals surface area contributed by atoms with Crippen LogP contribution in [0.2, 0.25) is 0 Å². The minimum atomic E-state index is 0.00471. The van der Waals surface area contributed by atoms with Crippen molar-refractivity contribution in [3.05, 3.63) is 35.4 Å². The summed E-state index contributed by atoms with van der Waals surface area (Å²) in [4.78, 5) is 25.5. The first kappa shape index (κ1) is 12.8. The van der Waals surface area contributed by atoms with Crippen LogP contribution in [-0.2, 0) is 4.79 Å². The summed E-state index contributed by atoms with van der Waals surface area (Å²) in [6.45, 7) is 4.06. The van der Waals surface area contributed by atoms with Crippen molar-refractivity contribution in [2.75, 3.05) is 26.2 Å². The molecule has 1 N–H and O–H groups in total. The van der Waals surface area contributed by atoms with Crippen molar-refractivity contribution in [3.8, 4) is 0 Å². The third-order valence-electron chi connectivity index (χ3n) is 3.15. The average Bonchev–Trinajstić information content (AvgIpc) is 2.54. The highest BCUT2D eigenvalue weighted by molar-refractivity contribution is 5.99. The normalized spacial score (nSPS) is 17.1. The van der Waals surface area contributed by atoms with Gasteiger partial charge in [-0.05, 0) is 18.9 Å². The largest absolute Gasteiger partial charge is 0.355 e. The van der Waals surface area contributed by atoms with E-state index in [2.05, 4.69) is 5.32 Å². The molecule has 4 heteroatoms. The monoisotopic (exact) mass is 246 g/mol. The lowest BCUT2D eigenvalue weighted by atomic mass is 10.0. The van der Waals surface area contributed by atoms with Gasteiger partial charge in [0.05, 0.1) is 13.1 Å². The molecule has 1 fully saturated rings. The number of aryl methyl sites for hydroxylation is 1. The third-order valence-corrected chi connectivity index (χ3v) is 3.15. The Morgan fingerprint density at radius 3 is 2.94 bits per heavy atom. The predicted molar refractivity (Wildman–Crippen MR) is 69.6 cm³/mol. The van der Waals surface area contributed by atoms with Crippen LogP contribution in [0.1, 0.15) is 22.3 Å². The summed E-state index contributed by atoms with van der Waals surface area (Å²) in [5.74, 6) is 0.0906. The van der Waals surface area contributed by atoms with E-state index in [0.29, 0.717) is 19.6 Å². The van der Waals surface area contributed by atoms with E-state index in [4.69, 9.17) is 0 Å². The van der Waals surface area contributed by atoms with Crippen LogP contribution in [0.3, 0.4) is 0 Å². The van der Waals surface area contributed by atoms with Crippen molar-refractivity contribution in [3.63, 3.8) is 0 Å². The lowest BCUT2D eigenvalue weighted by Gasteiger charge is -2.17. The highest BCUT2D eigenvalue weighted by atomic mass is 16.2. The van der Waals surface area contributed by atoms with E-state index >= 15 is 0 Å². The van der Waals surface area contributed by atoms with E-state index in [-0.39, 0.29) is 11.7 Å². The zero-order valence-electron chi connectivity index (χ0n) is 10.6. The van der Waals surface area contributed by atoms with Gasteiger partial charge in [-0.1, -0.05) is 24.3 Å². The molecule has 1 heterocycles. The summed E-state index contributed by atoms with van der Waals surface area (Å²) in [6, 6.07) is 7.57. The Morgan fingerprint density at radius 2 is 2.17 bits per heavy atom. The molecule has 1 aromatic carbocycles. The van der Waals surface area contributed by atoms with Crippen molar-refractivity contribution in [2.24, 2.45) is 0 Å². The number of nitrogens with zero attached hydrogens (tertiary/aromatic N) is 1. The second-order valence-electron chi connectivity index (χ2n) is 4.65. The van der Waals surface area contributed by atoms with E-state index in [9.17, 15) is 9.59 Å². The Kier molecular flexibility index (Phi) is 4.10. The maximum atomic E-state index is 12.2. The van der Waals surface area contributed by atoms with Gasteiger partial charge in [-0.2, -0.15) is 0 Å². The number of hydrogen-bond donors (Lipinski definition) is 1. The van der Waals surface area contributed by atoms with Crippen molar-refractivity contribution >= 4 is 11.7 Å². The Balaban J connectivity index is 2.02. The first-order chi connectivity index (χ1) is 8.66. The Hall–Kier alpha value is -1.68. The number of Topliss-reactive ketones (excluding diaryl/α,β-unsaturated/α-hetero) is 1. The fraction of sp³-hybridized carbons (Fsp3) is 0.429. The zero-order valence-corrected chi connectivity index (χ0v) is 10.6. The molecule has 1 aliphatic heterocycles. The number of hydrogen-bond acceptors (Lipinski definition) is 3. The molecule has 0 atom stereocenters. The summed E-state index contributed by atoms with van der Waals surface area (Å²) in [6.07, 6.45) is 0.896. The maximum absolute atomic E-state index is 12.2. The molecular weight excluding hydrogens is 228 g/mol. The number of ketones is 1. The van der Waals surface area contributed by atoms with Crippen LogP contribution >= 0.6 is 0 Å². The molecule has 0 spiro atoms. The quantitative estimate of drug-likeness (QED) is 0.809. The molecule has 1 aliphatic rings. The molecular formula is C14H18N2O2. The number of carbonyl (C=O) groups excluding carboxylic acids is 2. The average molecular weight is 246 g/mol. The number of rotatable bonds is 3. The highest BCUT2D eigenvalue weighted by Crippen LogP contribution is 2.09. The van der Waals surface area contributed by atoms with Gasteiger partial charge >= 0.3 is 0 Å². The summed E-state index contributed by atoms with van der Waals surface area (Å²) in [7, 11) is 0. The van der Waals surface area contributed by atoms with Crippen LogP contribution in [0.5, 0.6) is 0 Å². The standard InChI is InChI=1S/C14H18N2O2/c1-11-5-2-3-6-12(11)13(17)9-16-8-4-7-15-14(18)10-16/h2-3,5-6H,4,7-10H2,1H3,(H,15,18). The summed E-state index contributed by atoms with van der Waals surface area (Å²) >= 11 is 0. The molecule has 4 nitrogen and oxygen atoms in total. The predicted octanol–water partition coefficient (Wildman–Crippen LogP) is 1.000. The topological polar surface area (TPSA) is 49.4 Å². The molecule has 0 bridgehead atoms. The first-order valence-electron chi connectivity index (χ1n) is 6.24. The Labute approximate surface area is 107 Å². The van der Waals surface area contributed by atoms with E-state index in [1.807, 2.05) is 36.1 Å². The molecule has 0 aliphatic carbocycles. The fourth-order valence-electron chi connectivity index (χ4n) is 2.18. The molecule has 18 heavy (non-hydrogen) atoms. The van der Waals surface area contributed by atoms with Gasteiger partial charge in [0, 0.05) is 18.7 Å². The van der Waals surface area contributed by atoms with E-state index in [1.54, 1.807) is 0 Å². The SMILES string of the molecule is Cc1ccccc1C(=O)CN1CCCNC(=O)C1. The van der Waals surface area contributed by atoms with Crippen LogP contribution in [0.15, 0.2) is 24.3 Å². The summed E-state index contributed by atoms with van der Waals surface area (Å²) < 4.78 is 0. The van der Waals surface area contributed by atoms with Crippen LogP contribution in [-0.4, -0.2) is 42.8 Å². The van der Waals surface area contributed by atoms with Crippen LogP contribution in [0, 0.1) is 6.92 Å². The molecule has 1 aromatic rings. The van der Waals surface area contributed by atoms with Gasteiger partial charge in [0.2, 0.25) is 5.91 Å². The molecule has 0 aromatic heterocycles. The van der Waals surface area contributed by atoms with Gasteiger partial charge in [-0.25, -0.2) is 0 Å². The van der Waals surface area contributed by atoms with E-state index < -0.39 is 0 Å². The molecule has 1 amide bonds. The van der Waals surface area contributed by atoms with Crippen molar-refractivity contribution in [1.29, 1.82) is 0 Å². The van der Waals surface area contributed by atoms with Crippen LogP contribution in [0.4, 0.5) is 0 Å². The number of amides is 1. The van der Waals surface area contributed by atoms with E-state index in [1.165, 1.54) is 0 Å². The van der Waals surface area contributed by atoms with Crippen molar-refractivity contribution in [2.45, 2.75) is 13.3 Å². The minimum Gasteiger partial charge on any atom is -0.355 e. The molecule has 0 radical (unpaired) electrons. The van der Waals surface area contributed by atoms with Gasteiger partial charge in [0.1, 0.15) is 0 Å². The van der Waals surface area contributed by atoms with E-state index in [0.717, 1.165) is 24.1 Å². The molecule has 0 unspecified atom stereocenters. The third kappa shape index (κ3) is 3.17. The van der Waals surface area contributed by atoms with Gasteiger partial charge in [0.15, 0.2) is 5.78 Å². The number of carbonyl (C=O) groups is 2. The maximum Gasteiger partial charge on any atom is 0.234 e. The molecule has 0 saturated carbocycles. The van der Waals surface area contributed by atoms with Gasteiger partial charge < -0.3 is 5.32 Å². The Bertz CT molecular complexity index is 457. The fourth-order valence-corrected chi connectivity index (χ4v) is 2.18. The first-order valence-corrected chi connectivity index (χ1v) is 6.24. The van der Waals surface area contributed by atoms with Gasteiger partial charge in [0.25, 0.3) is 0 Å². The minimum absolute atomic E-state index is 0.00471. The highest BCUT2D eigenvalue weighted by Gasteiger charge is 2.18. The van der Waals surface area contributed by atoms with Gasteiger partial charge in [-0.15, -0.1) is 0 Å². The second kappa shape index (κ2) is 5.78. The van der Waals surface area contributed by atoms with Gasteiger partial charge in [-0.3, -0.25) is 14.5 Å². The summed E-state index contributed by atoms with van der Waals surface area (Å²) in [5.41, 5.74) is 1.74. The number of benzene rings is 1. The van der Waals surface area contributed by atoms with Crippen LogP contribution < -0.4 is 5.32 Å².